The van der Waals surface area contributed by atoms with Crippen molar-refractivity contribution in [1.29, 1.82) is 4.78 Å². The van der Waals surface area contributed by atoms with E-state index in [1.807, 2.05) is 18.3 Å². The first-order chi connectivity index (χ1) is 6.75. The zero-order valence-electron chi connectivity index (χ0n) is 7.87. The molecule has 14 heavy (non-hydrogen) atoms. The maximum Gasteiger partial charge on any atom is 0.129 e. The number of aromatic nitrogens is 1. The highest BCUT2D eigenvalue weighted by Crippen LogP contribution is 2.21. The lowest BCUT2D eigenvalue weighted by Gasteiger charge is -2.09. The van der Waals surface area contributed by atoms with Crippen molar-refractivity contribution in [3.05, 3.63) is 29.0 Å². The third-order valence-electron chi connectivity index (χ3n) is 2.54. The molecular weight excluding hydrogens is 216 g/mol. The molecule has 2 heterocycles. The Hall–Kier alpha value is -0.410. The summed E-state index contributed by atoms with van der Waals surface area (Å²) in [5, 5.41) is 1.10. The average molecular weight is 229 g/mol. The van der Waals surface area contributed by atoms with Gasteiger partial charge in [-0.2, -0.15) is 0 Å². The Labute approximate surface area is 91.6 Å². The largest absolute Gasteiger partial charge is 0.280 e. The van der Waals surface area contributed by atoms with E-state index in [-0.39, 0.29) is 10.7 Å². The number of nitrogens with one attached hydrogen (secondary N) is 1. The second-order valence-electron chi connectivity index (χ2n) is 3.59. The highest BCUT2D eigenvalue weighted by molar-refractivity contribution is 7.86. The minimum Gasteiger partial charge on any atom is -0.280 e. The smallest absolute Gasteiger partial charge is 0.129 e. The average Bonchev–Trinajstić information content (AvgIpc) is 2.56. The van der Waals surface area contributed by atoms with E-state index in [0.29, 0.717) is 10.4 Å². The molecule has 1 aliphatic heterocycles. The first-order valence-corrected chi connectivity index (χ1v) is 6.60. The molecule has 0 aromatic carbocycles. The molecule has 1 N–H and O–H groups in total. The van der Waals surface area contributed by atoms with Crippen molar-refractivity contribution in [3.63, 3.8) is 0 Å². The lowest BCUT2D eigenvalue weighted by Crippen LogP contribution is -2.11. The van der Waals surface area contributed by atoms with E-state index < -0.39 is 0 Å². The van der Waals surface area contributed by atoms with Crippen molar-refractivity contribution >= 4 is 22.3 Å². The fraction of sp³-hybridized carbons (Fsp3) is 0.500. The topological polar surface area (TPSA) is 36.7 Å². The third-order valence-corrected chi connectivity index (χ3v) is 4.70. The Balaban J connectivity index is 2.03. The summed E-state index contributed by atoms with van der Waals surface area (Å²) in [5.74, 6) is 1.09. The van der Waals surface area contributed by atoms with Gasteiger partial charge in [-0.15, -0.1) is 10.7 Å². The molecule has 0 radical (unpaired) electrons. The number of nitrogens with zero attached hydrogens (tertiary/aromatic N) is 1. The van der Waals surface area contributed by atoms with Gasteiger partial charge in [0.25, 0.3) is 0 Å². The number of pyridine rings is 1. The Morgan fingerprint density at radius 3 is 3.00 bits per heavy atom. The standard InChI is InChI=1S/C10H13ClN2S/c11-10-4-3-8(7-13-10)6-9-2-1-5-14(9)12/h3-4,7,9,12H,1-2,5-6H2. The first kappa shape index (κ1) is 10.1. The molecule has 1 saturated heterocycles. The van der Waals surface area contributed by atoms with E-state index >= 15 is 0 Å². The molecule has 0 spiro atoms. The van der Waals surface area contributed by atoms with Crippen molar-refractivity contribution in [3.8, 4) is 0 Å². The number of halogens is 1. The molecule has 2 unspecified atom stereocenters. The van der Waals surface area contributed by atoms with Crippen LogP contribution < -0.4 is 0 Å². The second kappa shape index (κ2) is 4.41. The fourth-order valence-corrected chi connectivity index (χ4v) is 3.54. The molecule has 1 fully saturated rings. The van der Waals surface area contributed by atoms with Crippen LogP contribution in [0.5, 0.6) is 0 Å². The van der Waals surface area contributed by atoms with Gasteiger partial charge in [0.05, 0.1) is 0 Å². The number of hydrogen-bond acceptors (Lipinski definition) is 2. The predicted octanol–water partition coefficient (Wildman–Crippen LogP) is 2.82. The summed E-state index contributed by atoms with van der Waals surface area (Å²) >= 11 is 5.71. The molecule has 2 rings (SSSR count). The van der Waals surface area contributed by atoms with Crippen molar-refractivity contribution in [1.82, 2.24) is 4.98 Å². The molecule has 2 nitrogen and oxygen atoms in total. The molecule has 0 aliphatic carbocycles. The molecular formula is C10H13ClN2S. The van der Waals surface area contributed by atoms with E-state index in [1.165, 1.54) is 18.4 Å². The minimum absolute atomic E-state index is 0.127. The van der Waals surface area contributed by atoms with E-state index in [2.05, 4.69) is 4.98 Å². The van der Waals surface area contributed by atoms with Crippen LogP contribution in [0.15, 0.2) is 18.3 Å². The zero-order chi connectivity index (χ0) is 9.97. The summed E-state index contributed by atoms with van der Waals surface area (Å²) in [7, 11) is -0.127. The van der Waals surface area contributed by atoms with Crippen molar-refractivity contribution in [2.75, 3.05) is 5.75 Å². The molecule has 0 saturated carbocycles. The normalized spacial score (nSPS) is 26.6. The molecule has 1 aromatic heterocycles. The molecule has 0 bridgehead atoms. The van der Waals surface area contributed by atoms with Crippen molar-refractivity contribution in [2.45, 2.75) is 24.5 Å². The van der Waals surface area contributed by atoms with Gasteiger partial charge in [0.2, 0.25) is 0 Å². The first-order valence-electron chi connectivity index (χ1n) is 4.77. The quantitative estimate of drug-likeness (QED) is 0.777. The van der Waals surface area contributed by atoms with Crippen LogP contribution in [0.1, 0.15) is 18.4 Å². The van der Waals surface area contributed by atoms with Crippen LogP contribution in [0.25, 0.3) is 0 Å². The van der Waals surface area contributed by atoms with E-state index in [0.717, 1.165) is 12.2 Å². The van der Waals surface area contributed by atoms with Crippen LogP contribution in [0.4, 0.5) is 0 Å². The monoisotopic (exact) mass is 228 g/mol. The van der Waals surface area contributed by atoms with Crippen LogP contribution in [0, 0.1) is 4.78 Å². The van der Waals surface area contributed by atoms with E-state index in [4.69, 9.17) is 16.4 Å². The second-order valence-corrected chi connectivity index (χ2v) is 5.91. The third kappa shape index (κ3) is 2.34. The minimum atomic E-state index is -0.127. The van der Waals surface area contributed by atoms with Crippen LogP contribution in [0.2, 0.25) is 5.15 Å². The van der Waals surface area contributed by atoms with Crippen LogP contribution >= 0.6 is 11.6 Å². The van der Waals surface area contributed by atoms with Gasteiger partial charge in [0.15, 0.2) is 0 Å². The summed E-state index contributed by atoms with van der Waals surface area (Å²) < 4.78 is 7.86. The SMILES string of the molecule is N=S1CCCC1Cc1ccc(Cl)nc1. The molecule has 4 heteroatoms. The molecule has 1 aromatic rings. The summed E-state index contributed by atoms with van der Waals surface area (Å²) in [6.07, 6.45) is 5.25. The lowest BCUT2D eigenvalue weighted by molar-refractivity contribution is 0.773. The van der Waals surface area contributed by atoms with Crippen LogP contribution in [-0.2, 0) is 17.1 Å². The predicted molar refractivity (Wildman–Crippen MR) is 60.9 cm³/mol. The summed E-state index contributed by atoms with van der Waals surface area (Å²) in [5.41, 5.74) is 1.21. The van der Waals surface area contributed by atoms with Gasteiger partial charge in [-0.3, -0.25) is 4.78 Å². The Morgan fingerprint density at radius 1 is 1.57 bits per heavy atom. The molecule has 0 amide bonds. The van der Waals surface area contributed by atoms with Gasteiger partial charge < -0.3 is 0 Å². The highest BCUT2D eigenvalue weighted by Gasteiger charge is 2.19. The van der Waals surface area contributed by atoms with E-state index in [9.17, 15) is 0 Å². The highest BCUT2D eigenvalue weighted by atomic mass is 35.5. The number of hydrogen-bond donors (Lipinski definition) is 1. The van der Waals surface area contributed by atoms with Crippen LogP contribution in [-0.4, -0.2) is 16.0 Å². The zero-order valence-corrected chi connectivity index (χ0v) is 9.44. The Bertz CT molecular complexity index is 336. The van der Waals surface area contributed by atoms with Gasteiger partial charge in [-0.1, -0.05) is 17.7 Å². The van der Waals surface area contributed by atoms with Gasteiger partial charge in [-0.05, 0) is 30.9 Å². The van der Waals surface area contributed by atoms with Gasteiger partial charge in [0.1, 0.15) is 5.15 Å². The molecule has 2 atom stereocenters. The fourth-order valence-electron chi connectivity index (χ4n) is 1.77. The maximum absolute atomic E-state index is 7.86. The van der Waals surface area contributed by atoms with Crippen LogP contribution in [0.3, 0.4) is 0 Å². The van der Waals surface area contributed by atoms with E-state index in [1.54, 1.807) is 0 Å². The summed E-state index contributed by atoms with van der Waals surface area (Å²) in [6.45, 7) is 0. The Kier molecular flexibility index (Phi) is 3.19. The molecule has 1 aliphatic rings. The van der Waals surface area contributed by atoms with Crippen molar-refractivity contribution in [2.24, 2.45) is 0 Å². The van der Waals surface area contributed by atoms with Gasteiger partial charge in [-0.25, -0.2) is 4.98 Å². The van der Waals surface area contributed by atoms with Crippen molar-refractivity contribution < 1.29 is 0 Å². The summed E-state index contributed by atoms with van der Waals surface area (Å²) in [6, 6.07) is 3.85. The van der Waals surface area contributed by atoms with Gasteiger partial charge in [0, 0.05) is 17.2 Å². The summed E-state index contributed by atoms with van der Waals surface area (Å²) in [4.78, 5) is 4.05. The number of rotatable bonds is 2. The maximum atomic E-state index is 7.86. The lowest BCUT2D eigenvalue weighted by atomic mass is 10.1. The van der Waals surface area contributed by atoms with Gasteiger partial charge >= 0.3 is 0 Å². The molecule has 76 valence electrons. The Morgan fingerprint density at radius 2 is 2.43 bits per heavy atom.